The molecule has 68 valence electrons. The first-order valence-corrected chi connectivity index (χ1v) is 4.11. The zero-order valence-electron chi connectivity index (χ0n) is 6.98. The van der Waals surface area contributed by atoms with Crippen LogP contribution in [0.3, 0.4) is 0 Å². The summed E-state index contributed by atoms with van der Waals surface area (Å²) in [5.41, 5.74) is 0. The van der Waals surface area contributed by atoms with Crippen LogP contribution >= 0.6 is 12.4 Å². The van der Waals surface area contributed by atoms with Gasteiger partial charge in [0.2, 0.25) is 0 Å². The molecule has 1 saturated carbocycles. The Balaban J connectivity index is 0.000001000. The van der Waals surface area contributed by atoms with Crippen LogP contribution in [0, 0.1) is 5.92 Å². The summed E-state index contributed by atoms with van der Waals surface area (Å²) in [5.74, 6) is 0.698. The molecular weight excluding hydrogens is 165 g/mol. The lowest BCUT2D eigenvalue weighted by atomic mass is 9.82. The highest BCUT2D eigenvalue weighted by atomic mass is 35.5. The molecule has 1 rings (SSSR count). The molecule has 11 heavy (non-hydrogen) atoms. The zero-order valence-corrected chi connectivity index (χ0v) is 7.79. The van der Waals surface area contributed by atoms with Crippen molar-refractivity contribution < 1.29 is 4.39 Å². The highest BCUT2D eigenvalue weighted by Gasteiger charge is 2.20. The van der Waals surface area contributed by atoms with Crippen molar-refractivity contribution >= 4 is 12.4 Å². The van der Waals surface area contributed by atoms with Crippen molar-refractivity contribution in [1.29, 1.82) is 0 Å². The summed E-state index contributed by atoms with van der Waals surface area (Å²) >= 11 is 0. The van der Waals surface area contributed by atoms with E-state index in [9.17, 15) is 4.39 Å². The number of nitrogens with one attached hydrogen (secondary N) is 1. The second-order valence-corrected chi connectivity index (χ2v) is 3.19. The number of rotatable bonds is 4. The minimum atomic E-state index is -0.615. The van der Waals surface area contributed by atoms with Crippen LogP contribution in [0.25, 0.3) is 0 Å². The predicted molar refractivity (Wildman–Crippen MR) is 48.0 cm³/mol. The molecular formula is C8H17ClFN. The second-order valence-electron chi connectivity index (χ2n) is 3.19. The van der Waals surface area contributed by atoms with Crippen LogP contribution in [0.5, 0.6) is 0 Å². The average molecular weight is 182 g/mol. The summed E-state index contributed by atoms with van der Waals surface area (Å²) in [5, 5.41) is 2.85. The Kier molecular flexibility index (Phi) is 5.88. The number of hydrogen-bond donors (Lipinski definition) is 1. The number of alkyl halides is 1. The number of hydrogen-bond acceptors (Lipinski definition) is 1. The molecule has 0 amide bonds. The van der Waals surface area contributed by atoms with Gasteiger partial charge in [0.1, 0.15) is 6.17 Å². The van der Waals surface area contributed by atoms with Crippen molar-refractivity contribution in [2.24, 2.45) is 5.92 Å². The Labute approximate surface area is 74.2 Å². The van der Waals surface area contributed by atoms with E-state index in [-0.39, 0.29) is 12.4 Å². The Bertz CT molecular complexity index is 96.1. The molecule has 0 aromatic heterocycles. The Morgan fingerprint density at radius 1 is 1.55 bits per heavy atom. The van der Waals surface area contributed by atoms with E-state index in [0.29, 0.717) is 12.5 Å². The van der Waals surface area contributed by atoms with Crippen molar-refractivity contribution in [3.05, 3.63) is 0 Å². The third-order valence-electron chi connectivity index (χ3n) is 2.24. The van der Waals surface area contributed by atoms with Crippen LogP contribution in [0.15, 0.2) is 0 Å². The minimum absolute atomic E-state index is 0. The first kappa shape index (κ1) is 11.2. The smallest absolute Gasteiger partial charge is 0.113 e. The van der Waals surface area contributed by atoms with Gasteiger partial charge in [-0.25, -0.2) is 4.39 Å². The Morgan fingerprint density at radius 2 is 2.18 bits per heavy atom. The first-order valence-electron chi connectivity index (χ1n) is 4.11. The molecule has 0 aliphatic heterocycles. The lowest BCUT2D eigenvalue weighted by Crippen LogP contribution is -2.24. The van der Waals surface area contributed by atoms with Gasteiger partial charge < -0.3 is 5.32 Å². The van der Waals surface area contributed by atoms with Gasteiger partial charge >= 0.3 is 0 Å². The molecule has 0 heterocycles. The fraction of sp³-hybridized carbons (Fsp3) is 1.00. The minimum Gasteiger partial charge on any atom is -0.317 e. The molecule has 1 aliphatic rings. The van der Waals surface area contributed by atoms with E-state index in [1.54, 1.807) is 7.05 Å². The van der Waals surface area contributed by atoms with Crippen molar-refractivity contribution in [2.45, 2.75) is 31.9 Å². The van der Waals surface area contributed by atoms with E-state index in [1.165, 1.54) is 19.3 Å². The van der Waals surface area contributed by atoms with Crippen molar-refractivity contribution in [3.63, 3.8) is 0 Å². The van der Waals surface area contributed by atoms with E-state index >= 15 is 0 Å². The molecule has 0 bridgehead atoms. The first-order chi connectivity index (χ1) is 4.83. The monoisotopic (exact) mass is 181 g/mol. The summed E-state index contributed by atoms with van der Waals surface area (Å²) in [6, 6.07) is 0. The van der Waals surface area contributed by atoms with Gasteiger partial charge in [0.25, 0.3) is 0 Å². The molecule has 1 fully saturated rings. The normalized spacial score (nSPS) is 20.2. The van der Waals surface area contributed by atoms with Crippen LogP contribution in [0.4, 0.5) is 4.39 Å². The van der Waals surface area contributed by atoms with E-state index < -0.39 is 6.17 Å². The van der Waals surface area contributed by atoms with Crippen LogP contribution in [-0.2, 0) is 0 Å². The van der Waals surface area contributed by atoms with Crippen molar-refractivity contribution in [2.75, 3.05) is 13.6 Å². The zero-order chi connectivity index (χ0) is 7.40. The van der Waals surface area contributed by atoms with E-state index in [2.05, 4.69) is 5.32 Å². The third kappa shape index (κ3) is 3.92. The average Bonchev–Trinajstić information content (AvgIpc) is 1.80. The molecule has 1 aliphatic carbocycles. The standard InChI is InChI=1S/C8H16FN.ClH/c1-10-6-8(9)5-7-3-2-4-7;/h7-8,10H,2-6H2,1H3;1H. The summed E-state index contributed by atoms with van der Waals surface area (Å²) in [6.07, 6.45) is 3.99. The van der Waals surface area contributed by atoms with E-state index in [1.807, 2.05) is 0 Å². The summed E-state index contributed by atoms with van der Waals surface area (Å²) < 4.78 is 12.8. The molecule has 0 spiro atoms. The highest BCUT2D eigenvalue weighted by molar-refractivity contribution is 5.85. The summed E-state index contributed by atoms with van der Waals surface area (Å²) in [6.45, 7) is 0.524. The summed E-state index contributed by atoms with van der Waals surface area (Å²) in [7, 11) is 1.80. The van der Waals surface area contributed by atoms with Gasteiger partial charge in [-0.2, -0.15) is 0 Å². The molecule has 0 saturated heterocycles. The van der Waals surface area contributed by atoms with Gasteiger partial charge in [0.05, 0.1) is 0 Å². The van der Waals surface area contributed by atoms with Crippen LogP contribution in [0.2, 0.25) is 0 Å². The van der Waals surface area contributed by atoms with Gasteiger partial charge in [-0.05, 0) is 19.4 Å². The molecule has 0 aromatic carbocycles. The third-order valence-corrected chi connectivity index (χ3v) is 2.24. The van der Waals surface area contributed by atoms with E-state index in [4.69, 9.17) is 0 Å². The molecule has 0 radical (unpaired) electrons. The predicted octanol–water partition coefficient (Wildman–Crippen LogP) is 2.16. The maximum Gasteiger partial charge on any atom is 0.113 e. The Morgan fingerprint density at radius 3 is 2.55 bits per heavy atom. The highest BCUT2D eigenvalue weighted by Crippen LogP contribution is 2.30. The topological polar surface area (TPSA) is 12.0 Å². The molecule has 1 nitrogen and oxygen atoms in total. The van der Waals surface area contributed by atoms with Crippen LogP contribution < -0.4 is 5.32 Å². The van der Waals surface area contributed by atoms with Crippen molar-refractivity contribution in [3.8, 4) is 0 Å². The molecule has 0 aromatic rings. The molecule has 1 N–H and O–H groups in total. The summed E-state index contributed by atoms with van der Waals surface area (Å²) in [4.78, 5) is 0. The SMILES string of the molecule is CNCC(F)CC1CCC1.Cl. The number of halogens is 2. The lowest BCUT2D eigenvalue weighted by molar-refractivity contribution is 0.203. The molecule has 1 unspecified atom stereocenters. The second kappa shape index (κ2) is 5.78. The van der Waals surface area contributed by atoms with Gasteiger partial charge in [-0.1, -0.05) is 19.3 Å². The Hall–Kier alpha value is 0.180. The van der Waals surface area contributed by atoms with E-state index in [0.717, 1.165) is 6.42 Å². The van der Waals surface area contributed by atoms with Gasteiger partial charge in [-0.3, -0.25) is 0 Å². The quantitative estimate of drug-likeness (QED) is 0.701. The maximum absolute atomic E-state index is 12.8. The maximum atomic E-state index is 12.8. The fourth-order valence-corrected chi connectivity index (χ4v) is 1.40. The van der Waals surface area contributed by atoms with Gasteiger partial charge in [-0.15, -0.1) is 12.4 Å². The fourth-order valence-electron chi connectivity index (χ4n) is 1.40. The van der Waals surface area contributed by atoms with Gasteiger partial charge in [0, 0.05) is 6.54 Å². The largest absolute Gasteiger partial charge is 0.317 e. The van der Waals surface area contributed by atoms with Crippen LogP contribution in [0.1, 0.15) is 25.7 Å². The molecule has 1 atom stereocenters. The lowest BCUT2D eigenvalue weighted by Gasteiger charge is -2.26. The van der Waals surface area contributed by atoms with Crippen molar-refractivity contribution in [1.82, 2.24) is 5.32 Å². The van der Waals surface area contributed by atoms with Crippen LogP contribution in [-0.4, -0.2) is 19.8 Å². The van der Waals surface area contributed by atoms with Gasteiger partial charge in [0.15, 0.2) is 0 Å². The molecule has 3 heteroatoms.